The zero-order chi connectivity index (χ0) is 30.9. The van der Waals surface area contributed by atoms with Crippen molar-refractivity contribution in [1.29, 1.82) is 0 Å². The number of methoxy groups -OCH3 is 1. The number of unbranched alkanes of at least 4 members (excludes halogenated alkanes) is 3. The molecule has 0 bridgehead atoms. The smallest absolute Gasteiger partial charge is 0.305 e. The van der Waals surface area contributed by atoms with Crippen molar-refractivity contribution in [3.8, 4) is 10.4 Å². The molecule has 2 aromatic rings. The Hall–Kier alpha value is -2.86. The van der Waals surface area contributed by atoms with Crippen LogP contribution in [-0.4, -0.2) is 76.0 Å². The SMILES string of the molecule is COC(=O)CCCCCCC(=O)N[C@H](C(=O)N1CC(O)C[C@H]1C(O)NCc1ccc(-c2scnc2C)cc1)C(C)(C)C. The van der Waals surface area contributed by atoms with Gasteiger partial charge in [0, 0.05) is 25.9 Å². The second kappa shape index (κ2) is 15.6. The van der Waals surface area contributed by atoms with Crippen LogP contribution in [0.2, 0.25) is 0 Å². The number of rotatable bonds is 14. The molecule has 1 aliphatic rings. The molecule has 4 N–H and O–H groups in total. The Labute approximate surface area is 252 Å². The Morgan fingerprint density at radius 2 is 1.79 bits per heavy atom. The molecule has 1 aliphatic heterocycles. The molecule has 0 saturated carbocycles. The molecule has 4 atom stereocenters. The number of benzene rings is 1. The van der Waals surface area contributed by atoms with Crippen molar-refractivity contribution < 1.29 is 29.3 Å². The first-order valence-corrected chi connectivity index (χ1v) is 15.5. The van der Waals surface area contributed by atoms with Crippen LogP contribution in [0.4, 0.5) is 0 Å². The molecule has 0 radical (unpaired) electrons. The van der Waals surface area contributed by atoms with Crippen LogP contribution in [0.25, 0.3) is 10.4 Å². The van der Waals surface area contributed by atoms with E-state index in [9.17, 15) is 24.6 Å². The van der Waals surface area contributed by atoms with Crippen LogP contribution in [0, 0.1) is 12.3 Å². The van der Waals surface area contributed by atoms with Gasteiger partial charge in [-0.15, -0.1) is 11.3 Å². The van der Waals surface area contributed by atoms with E-state index < -0.39 is 29.8 Å². The van der Waals surface area contributed by atoms with Gasteiger partial charge in [0.15, 0.2) is 0 Å². The van der Waals surface area contributed by atoms with Crippen LogP contribution in [0.15, 0.2) is 29.8 Å². The molecule has 11 heteroatoms. The number of hydrogen-bond donors (Lipinski definition) is 4. The van der Waals surface area contributed by atoms with E-state index in [1.807, 2.05) is 57.5 Å². The Morgan fingerprint density at radius 3 is 2.38 bits per heavy atom. The summed E-state index contributed by atoms with van der Waals surface area (Å²) in [6.45, 7) is 8.11. The highest BCUT2D eigenvalue weighted by molar-refractivity contribution is 7.13. The van der Waals surface area contributed by atoms with E-state index in [1.165, 1.54) is 12.0 Å². The number of nitrogens with one attached hydrogen (secondary N) is 2. The van der Waals surface area contributed by atoms with E-state index in [0.717, 1.165) is 34.5 Å². The molecule has 3 rings (SSSR count). The van der Waals surface area contributed by atoms with E-state index >= 15 is 0 Å². The molecule has 1 fully saturated rings. The van der Waals surface area contributed by atoms with Gasteiger partial charge in [0.05, 0.1) is 35.3 Å². The van der Waals surface area contributed by atoms with Crippen LogP contribution < -0.4 is 10.6 Å². The molecule has 1 saturated heterocycles. The van der Waals surface area contributed by atoms with Crippen LogP contribution >= 0.6 is 11.3 Å². The number of aliphatic hydroxyl groups excluding tert-OH is 2. The number of aliphatic hydroxyl groups is 2. The Bertz CT molecular complexity index is 1180. The average molecular weight is 603 g/mol. The van der Waals surface area contributed by atoms with E-state index in [-0.39, 0.29) is 37.2 Å². The molecule has 0 aliphatic carbocycles. The van der Waals surface area contributed by atoms with E-state index in [2.05, 4.69) is 20.4 Å². The highest BCUT2D eigenvalue weighted by atomic mass is 32.1. The number of amides is 2. The van der Waals surface area contributed by atoms with Gasteiger partial charge in [-0.05, 0) is 42.7 Å². The number of β-amino-alcohol motifs (C(OH)–C–C–N with tert-alkyl or cyclic N) is 1. The minimum Gasteiger partial charge on any atom is -0.469 e. The normalized spacial score (nSPS) is 18.5. The van der Waals surface area contributed by atoms with Crippen LogP contribution in [0.5, 0.6) is 0 Å². The van der Waals surface area contributed by atoms with Gasteiger partial charge in [-0.3, -0.25) is 19.7 Å². The summed E-state index contributed by atoms with van der Waals surface area (Å²) in [6, 6.07) is 6.58. The third-order valence-corrected chi connectivity index (χ3v) is 8.60. The van der Waals surface area contributed by atoms with Gasteiger partial charge in [-0.2, -0.15) is 0 Å². The average Bonchev–Trinajstić information content (AvgIpc) is 3.56. The predicted molar refractivity (Wildman–Crippen MR) is 162 cm³/mol. The number of aromatic nitrogens is 1. The number of likely N-dealkylation sites (tertiary alicyclic amines) is 1. The largest absolute Gasteiger partial charge is 0.469 e. The van der Waals surface area contributed by atoms with E-state index in [1.54, 1.807) is 11.3 Å². The third kappa shape index (κ3) is 9.58. The van der Waals surface area contributed by atoms with Crippen molar-refractivity contribution in [3.63, 3.8) is 0 Å². The summed E-state index contributed by atoms with van der Waals surface area (Å²) in [6.07, 6.45) is 2.03. The first-order valence-electron chi connectivity index (χ1n) is 14.7. The summed E-state index contributed by atoms with van der Waals surface area (Å²) in [5.41, 5.74) is 4.29. The Balaban J connectivity index is 1.55. The highest BCUT2D eigenvalue weighted by Crippen LogP contribution is 2.29. The summed E-state index contributed by atoms with van der Waals surface area (Å²) < 4.78 is 4.64. The maximum atomic E-state index is 13.8. The summed E-state index contributed by atoms with van der Waals surface area (Å²) >= 11 is 1.59. The first kappa shape index (κ1) is 33.6. The standard InChI is InChI=1S/C31H46N4O6S/c1-20-27(42-19-33-20)22-14-12-21(13-15-22)17-32-29(39)24-16-23(36)18-35(24)30(40)28(31(2,3)4)34-25(37)10-8-6-7-9-11-26(38)41-5/h12-15,19,23-24,28-29,32,36,39H,6-11,16-18H2,1-5H3,(H,34,37)/t23?,24-,28+,29?/m0/s1. The fourth-order valence-corrected chi connectivity index (χ4v) is 5.98. The zero-order valence-electron chi connectivity index (χ0n) is 25.4. The number of thiazole rings is 1. The van der Waals surface area contributed by atoms with Gasteiger partial charge in [0.25, 0.3) is 0 Å². The minimum atomic E-state index is -1.06. The molecule has 10 nitrogen and oxygen atoms in total. The van der Waals surface area contributed by atoms with E-state index in [0.29, 0.717) is 25.8 Å². The summed E-state index contributed by atoms with van der Waals surface area (Å²) in [5.74, 6) is -0.773. The summed E-state index contributed by atoms with van der Waals surface area (Å²) in [7, 11) is 1.37. The molecule has 2 unspecified atom stereocenters. The topological polar surface area (TPSA) is 141 Å². The lowest BCUT2D eigenvalue weighted by atomic mass is 9.85. The summed E-state index contributed by atoms with van der Waals surface area (Å²) in [4.78, 5) is 44.7. The first-order chi connectivity index (χ1) is 19.9. The molecule has 2 heterocycles. The second-order valence-corrected chi connectivity index (χ2v) is 12.9. The monoisotopic (exact) mass is 602 g/mol. The summed E-state index contributed by atoms with van der Waals surface area (Å²) in [5, 5.41) is 27.5. The van der Waals surface area contributed by atoms with Gasteiger partial charge in [-0.1, -0.05) is 57.9 Å². The lowest BCUT2D eigenvalue weighted by molar-refractivity contribution is -0.142. The number of ether oxygens (including phenoxy) is 1. The molecular weight excluding hydrogens is 556 g/mol. The van der Waals surface area contributed by atoms with Gasteiger partial charge >= 0.3 is 5.97 Å². The Kier molecular flexibility index (Phi) is 12.5. The lowest BCUT2D eigenvalue weighted by Gasteiger charge is -2.37. The van der Waals surface area contributed by atoms with Gasteiger partial charge in [0.2, 0.25) is 11.8 Å². The number of hydrogen-bond acceptors (Lipinski definition) is 9. The van der Waals surface area contributed by atoms with Crippen LogP contribution in [0.1, 0.15) is 77.0 Å². The number of carbonyl (C=O) groups is 3. The van der Waals surface area contributed by atoms with Gasteiger partial charge in [0.1, 0.15) is 12.3 Å². The van der Waals surface area contributed by atoms with Crippen molar-refractivity contribution in [2.45, 2.75) is 104 Å². The second-order valence-electron chi connectivity index (χ2n) is 12.1. The third-order valence-electron chi connectivity index (χ3n) is 7.63. The van der Waals surface area contributed by atoms with E-state index in [4.69, 9.17) is 0 Å². The number of aryl methyl sites for hydroxylation is 1. The number of nitrogens with zero attached hydrogens (tertiary/aromatic N) is 2. The van der Waals surface area contributed by atoms with Crippen molar-refractivity contribution in [2.75, 3.05) is 13.7 Å². The van der Waals surface area contributed by atoms with Gasteiger partial charge < -0.3 is 25.2 Å². The van der Waals surface area contributed by atoms with Crippen molar-refractivity contribution in [2.24, 2.45) is 5.41 Å². The number of esters is 1. The zero-order valence-corrected chi connectivity index (χ0v) is 26.2. The number of carbonyl (C=O) groups excluding carboxylic acids is 3. The molecular formula is C31H46N4O6S. The highest BCUT2D eigenvalue weighted by Gasteiger charge is 2.44. The maximum Gasteiger partial charge on any atom is 0.305 e. The van der Waals surface area contributed by atoms with Gasteiger partial charge in [-0.25, -0.2) is 4.98 Å². The van der Waals surface area contributed by atoms with Crippen LogP contribution in [-0.2, 0) is 25.7 Å². The molecule has 2 amide bonds. The molecule has 0 spiro atoms. The minimum absolute atomic E-state index is 0.0911. The molecule has 1 aromatic carbocycles. The van der Waals surface area contributed by atoms with Crippen molar-refractivity contribution in [1.82, 2.24) is 20.5 Å². The fourth-order valence-electron chi connectivity index (χ4n) is 5.17. The quantitative estimate of drug-likeness (QED) is 0.146. The lowest BCUT2D eigenvalue weighted by Crippen LogP contribution is -2.58. The predicted octanol–water partition coefficient (Wildman–Crippen LogP) is 3.53. The molecule has 1 aromatic heterocycles. The van der Waals surface area contributed by atoms with Crippen molar-refractivity contribution >= 4 is 29.1 Å². The molecule has 232 valence electrons. The molecule has 42 heavy (non-hydrogen) atoms. The Morgan fingerprint density at radius 1 is 1.12 bits per heavy atom. The van der Waals surface area contributed by atoms with Crippen LogP contribution in [0.3, 0.4) is 0 Å². The fraction of sp³-hybridized carbons (Fsp3) is 0.613. The maximum absolute atomic E-state index is 13.8. The van der Waals surface area contributed by atoms with Crippen molar-refractivity contribution in [3.05, 3.63) is 41.0 Å².